The van der Waals surface area contributed by atoms with Crippen LogP contribution in [0.3, 0.4) is 0 Å². The van der Waals surface area contributed by atoms with Gasteiger partial charge in [-0.05, 0) is 23.8 Å². The van der Waals surface area contributed by atoms with E-state index in [4.69, 9.17) is 32.4 Å². The van der Waals surface area contributed by atoms with Gasteiger partial charge in [0, 0.05) is 6.07 Å². The molecule has 0 aliphatic heterocycles. The molecule has 1 heterocycles. The second-order valence-corrected chi connectivity index (χ2v) is 5.60. The van der Waals surface area contributed by atoms with Gasteiger partial charge in [-0.15, -0.1) is 0 Å². The summed E-state index contributed by atoms with van der Waals surface area (Å²) in [6.07, 6.45) is 1.25. The van der Waals surface area contributed by atoms with Crippen molar-refractivity contribution in [3.05, 3.63) is 50.8 Å². The molecule has 0 fully saturated rings. The molecule has 1 aromatic heterocycles. The molecule has 7 heteroatoms. The fourth-order valence-corrected chi connectivity index (χ4v) is 2.72. The molecule has 0 atom stereocenters. The molecule has 118 valence electrons. The van der Waals surface area contributed by atoms with E-state index in [0.717, 1.165) is 0 Å². The fourth-order valence-electron chi connectivity index (χ4n) is 2.23. The number of phenolic OH excluding ortho intramolecular Hbond substituents is 2. The van der Waals surface area contributed by atoms with E-state index in [2.05, 4.69) is 0 Å². The normalized spacial score (nSPS) is 10.9. The Kier molecular flexibility index (Phi) is 3.83. The second kappa shape index (κ2) is 5.68. The van der Waals surface area contributed by atoms with Crippen LogP contribution in [0.25, 0.3) is 22.1 Å². The van der Waals surface area contributed by atoms with Crippen LogP contribution in [-0.4, -0.2) is 17.3 Å². The maximum absolute atomic E-state index is 12.7. The Bertz CT molecular complexity index is 955. The first-order valence-corrected chi connectivity index (χ1v) is 7.19. The highest BCUT2D eigenvalue weighted by atomic mass is 35.5. The Labute approximate surface area is 140 Å². The molecule has 0 saturated heterocycles. The molecule has 23 heavy (non-hydrogen) atoms. The third-order valence-corrected chi connectivity index (χ3v) is 3.98. The highest BCUT2D eigenvalue weighted by molar-refractivity contribution is 6.37. The number of hydrogen-bond acceptors (Lipinski definition) is 5. The van der Waals surface area contributed by atoms with Crippen LogP contribution < -0.4 is 10.2 Å². The van der Waals surface area contributed by atoms with Crippen LogP contribution in [0.2, 0.25) is 10.0 Å². The van der Waals surface area contributed by atoms with E-state index in [9.17, 15) is 15.0 Å². The van der Waals surface area contributed by atoms with Crippen molar-refractivity contribution >= 4 is 34.2 Å². The summed E-state index contributed by atoms with van der Waals surface area (Å²) in [5.74, 6) is -0.232. The summed E-state index contributed by atoms with van der Waals surface area (Å²) in [4.78, 5) is 12.7. The Hall–Kier alpha value is -2.37. The fraction of sp³-hybridized carbons (Fsp3) is 0.0625. The topological polar surface area (TPSA) is 79.9 Å². The van der Waals surface area contributed by atoms with E-state index in [0.29, 0.717) is 5.56 Å². The molecule has 0 unspecified atom stereocenters. The van der Waals surface area contributed by atoms with Crippen LogP contribution >= 0.6 is 23.2 Å². The van der Waals surface area contributed by atoms with Crippen molar-refractivity contribution in [2.45, 2.75) is 0 Å². The van der Waals surface area contributed by atoms with E-state index < -0.39 is 0 Å². The number of rotatable bonds is 2. The standard InChI is InChI=1S/C16H10Cl2O5/c1-22-14-4-8-13(5-12(14)19)23-6-9(15(8)20)7-2-10(17)16(21)11(18)3-7/h2-6,19,21H,1H3. The van der Waals surface area contributed by atoms with Crippen molar-refractivity contribution in [2.75, 3.05) is 7.11 Å². The zero-order valence-corrected chi connectivity index (χ0v) is 13.3. The van der Waals surface area contributed by atoms with Gasteiger partial charge in [0.1, 0.15) is 11.8 Å². The first kappa shape index (κ1) is 15.5. The highest BCUT2D eigenvalue weighted by Crippen LogP contribution is 2.36. The minimum atomic E-state index is -0.345. The lowest BCUT2D eigenvalue weighted by Crippen LogP contribution is -2.05. The van der Waals surface area contributed by atoms with Crippen molar-refractivity contribution in [2.24, 2.45) is 0 Å². The third kappa shape index (κ3) is 2.58. The van der Waals surface area contributed by atoms with Gasteiger partial charge in [-0.3, -0.25) is 4.79 Å². The predicted octanol–water partition coefficient (Wildman–Crippen LogP) is 4.19. The lowest BCUT2D eigenvalue weighted by Gasteiger charge is -2.08. The van der Waals surface area contributed by atoms with Crippen molar-refractivity contribution in [1.82, 2.24) is 0 Å². The SMILES string of the molecule is COc1cc2c(=O)c(-c3cc(Cl)c(O)c(Cl)c3)coc2cc1O. The van der Waals surface area contributed by atoms with Gasteiger partial charge >= 0.3 is 0 Å². The minimum absolute atomic E-state index is 0.0234. The van der Waals surface area contributed by atoms with Gasteiger partial charge < -0.3 is 19.4 Å². The van der Waals surface area contributed by atoms with E-state index >= 15 is 0 Å². The summed E-state index contributed by atoms with van der Waals surface area (Å²) < 4.78 is 10.4. The van der Waals surface area contributed by atoms with E-state index in [1.54, 1.807) is 0 Å². The van der Waals surface area contributed by atoms with Crippen molar-refractivity contribution in [3.63, 3.8) is 0 Å². The van der Waals surface area contributed by atoms with Gasteiger partial charge in [-0.2, -0.15) is 0 Å². The molecule has 0 aliphatic carbocycles. The van der Waals surface area contributed by atoms with Crippen molar-refractivity contribution in [1.29, 1.82) is 0 Å². The van der Waals surface area contributed by atoms with Crippen LogP contribution in [0.5, 0.6) is 17.2 Å². The molecule has 2 aromatic carbocycles. The number of methoxy groups -OCH3 is 1. The number of aromatic hydroxyl groups is 2. The van der Waals surface area contributed by atoms with E-state index in [1.165, 1.54) is 37.6 Å². The lowest BCUT2D eigenvalue weighted by atomic mass is 10.0. The minimum Gasteiger partial charge on any atom is -0.505 e. The summed E-state index contributed by atoms with van der Waals surface area (Å²) in [5, 5.41) is 19.6. The Morgan fingerprint density at radius 2 is 1.74 bits per heavy atom. The molecule has 5 nitrogen and oxygen atoms in total. The van der Waals surface area contributed by atoms with Crippen LogP contribution in [0, 0.1) is 0 Å². The van der Waals surface area contributed by atoms with Crippen LogP contribution in [-0.2, 0) is 0 Å². The number of hydrogen-bond donors (Lipinski definition) is 2. The zero-order chi connectivity index (χ0) is 16.7. The van der Waals surface area contributed by atoms with E-state index in [-0.39, 0.29) is 49.3 Å². The van der Waals surface area contributed by atoms with Crippen LogP contribution in [0.15, 0.2) is 39.7 Å². The third-order valence-electron chi connectivity index (χ3n) is 3.40. The maximum Gasteiger partial charge on any atom is 0.200 e. The van der Waals surface area contributed by atoms with Gasteiger partial charge in [0.25, 0.3) is 0 Å². The lowest BCUT2D eigenvalue weighted by molar-refractivity contribution is 0.373. The molecule has 0 bridgehead atoms. The van der Waals surface area contributed by atoms with Gasteiger partial charge in [-0.25, -0.2) is 0 Å². The van der Waals surface area contributed by atoms with Gasteiger partial charge in [-0.1, -0.05) is 23.2 Å². The molecule has 3 aromatic rings. The van der Waals surface area contributed by atoms with Crippen molar-refractivity contribution in [3.8, 4) is 28.4 Å². The maximum atomic E-state index is 12.7. The number of ether oxygens (including phenoxy) is 1. The molecule has 0 saturated carbocycles. The Morgan fingerprint density at radius 1 is 1.09 bits per heavy atom. The smallest absolute Gasteiger partial charge is 0.200 e. The molecule has 0 spiro atoms. The molecule has 0 amide bonds. The Morgan fingerprint density at radius 3 is 2.35 bits per heavy atom. The van der Waals surface area contributed by atoms with Crippen LogP contribution in [0.1, 0.15) is 0 Å². The van der Waals surface area contributed by atoms with Gasteiger partial charge in [0.05, 0.1) is 28.1 Å². The average molecular weight is 353 g/mol. The molecular weight excluding hydrogens is 343 g/mol. The molecule has 3 rings (SSSR count). The monoisotopic (exact) mass is 352 g/mol. The molecule has 2 N–H and O–H groups in total. The quantitative estimate of drug-likeness (QED) is 0.722. The van der Waals surface area contributed by atoms with Gasteiger partial charge in [0.15, 0.2) is 17.2 Å². The first-order chi connectivity index (χ1) is 10.9. The average Bonchev–Trinajstić information content (AvgIpc) is 2.52. The number of phenols is 2. The largest absolute Gasteiger partial charge is 0.505 e. The van der Waals surface area contributed by atoms with Crippen molar-refractivity contribution < 1.29 is 19.4 Å². The summed E-state index contributed by atoms with van der Waals surface area (Å²) in [6, 6.07) is 5.52. The number of benzene rings is 2. The molecular formula is C16H10Cl2O5. The number of halogens is 2. The van der Waals surface area contributed by atoms with Crippen LogP contribution in [0.4, 0.5) is 0 Å². The highest BCUT2D eigenvalue weighted by Gasteiger charge is 2.15. The first-order valence-electron chi connectivity index (χ1n) is 6.43. The molecule has 0 aliphatic rings. The summed E-state index contributed by atoms with van der Waals surface area (Å²) >= 11 is 11.8. The van der Waals surface area contributed by atoms with E-state index in [1.807, 2.05) is 0 Å². The summed E-state index contributed by atoms with van der Waals surface area (Å²) in [5.41, 5.74) is 0.491. The summed E-state index contributed by atoms with van der Waals surface area (Å²) in [7, 11) is 1.38. The predicted molar refractivity (Wildman–Crippen MR) is 87.8 cm³/mol. The Balaban J connectivity index is 2.29. The number of fused-ring (bicyclic) bond motifs is 1. The zero-order valence-electron chi connectivity index (χ0n) is 11.8. The van der Waals surface area contributed by atoms with Gasteiger partial charge in [0.2, 0.25) is 5.43 Å². The second-order valence-electron chi connectivity index (χ2n) is 4.79. The summed E-state index contributed by atoms with van der Waals surface area (Å²) in [6.45, 7) is 0. The molecule has 0 radical (unpaired) electrons.